The highest BCUT2D eigenvalue weighted by Crippen LogP contribution is 2.24. The first kappa shape index (κ1) is 16.0. The lowest BCUT2D eigenvalue weighted by Crippen LogP contribution is -2.14. The van der Waals surface area contributed by atoms with E-state index in [0.29, 0.717) is 26.4 Å². The summed E-state index contributed by atoms with van der Waals surface area (Å²) in [5.41, 5.74) is 1.19. The Morgan fingerprint density at radius 2 is 1.89 bits per heavy atom. The summed E-state index contributed by atoms with van der Waals surface area (Å²) in [6.07, 6.45) is 0.881. The fraction of sp³-hybridized carbons (Fsp3) is 0.600. The Balaban J connectivity index is 2.29. The van der Waals surface area contributed by atoms with Gasteiger partial charge in [0.2, 0.25) is 0 Å². The molecular weight excluding hydrogens is 242 g/mol. The third-order valence-corrected chi connectivity index (χ3v) is 2.94. The van der Waals surface area contributed by atoms with Gasteiger partial charge in [0.15, 0.2) is 0 Å². The molecule has 1 aromatic rings. The first-order valence-electron chi connectivity index (χ1n) is 6.75. The number of ether oxygens (including phenoxy) is 3. The van der Waals surface area contributed by atoms with Crippen molar-refractivity contribution in [1.82, 2.24) is 5.32 Å². The summed E-state index contributed by atoms with van der Waals surface area (Å²) >= 11 is 0. The summed E-state index contributed by atoms with van der Waals surface area (Å²) in [6.45, 7) is 4.77. The predicted octanol–water partition coefficient (Wildman–Crippen LogP) is 2.40. The first-order chi connectivity index (χ1) is 9.29. The van der Waals surface area contributed by atoms with Crippen molar-refractivity contribution in [1.29, 1.82) is 0 Å². The molecule has 0 saturated heterocycles. The second-order valence-corrected chi connectivity index (χ2v) is 4.36. The van der Waals surface area contributed by atoms with Crippen molar-refractivity contribution in [2.75, 3.05) is 40.6 Å². The number of hydrogen-bond donors (Lipinski definition) is 1. The van der Waals surface area contributed by atoms with Crippen LogP contribution in [-0.4, -0.2) is 40.6 Å². The highest BCUT2D eigenvalue weighted by atomic mass is 16.5. The molecule has 0 radical (unpaired) electrons. The van der Waals surface area contributed by atoms with E-state index < -0.39 is 0 Å². The average molecular weight is 267 g/mol. The molecule has 0 aliphatic heterocycles. The molecule has 1 aromatic carbocycles. The van der Waals surface area contributed by atoms with E-state index in [4.69, 9.17) is 14.2 Å². The molecule has 1 N–H and O–H groups in total. The monoisotopic (exact) mass is 267 g/mol. The van der Waals surface area contributed by atoms with Gasteiger partial charge in [-0.2, -0.15) is 0 Å². The van der Waals surface area contributed by atoms with Gasteiger partial charge in [0.25, 0.3) is 0 Å². The first-order valence-corrected chi connectivity index (χ1v) is 6.75. The van der Waals surface area contributed by atoms with Crippen LogP contribution in [0.15, 0.2) is 24.3 Å². The van der Waals surface area contributed by atoms with Crippen LogP contribution in [0, 0.1) is 0 Å². The van der Waals surface area contributed by atoms with E-state index in [1.165, 1.54) is 5.56 Å². The molecule has 1 atom stereocenters. The quantitative estimate of drug-likeness (QED) is 0.661. The molecule has 4 heteroatoms. The van der Waals surface area contributed by atoms with Crippen molar-refractivity contribution in [3.05, 3.63) is 29.8 Å². The highest BCUT2D eigenvalue weighted by Gasteiger charge is 2.08. The molecule has 0 aliphatic rings. The summed E-state index contributed by atoms with van der Waals surface area (Å²) in [6, 6.07) is 8.41. The number of benzene rings is 1. The van der Waals surface area contributed by atoms with Crippen molar-refractivity contribution < 1.29 is 14.2 Å². The van der Waals surface area contributed by atoms with E-state index in [0.717, 1.165) is 12.2 Å². The Kier molecular flexibility index (Phi) is 8.21. The number of methoxy groups -OCH3 is 1. The molecule has 4 nitrogen and oxygen atoms in total. The van der Waals surface area contributed by atoms with Gasteiger partial charge in [-0.15, -0.1) is 0 Å². The highest BCUT2D eigenvalue weighted by molar-refractivity contribution is 5.35. The molecule has 0 heterocycles. The zero-order chi connectivity index (χ0) is 13.9. The van der Waals surface area contributed by atoms with Crippen LogP contribution in [0.4, 0.5) is 0 Å². The second kappa shape index (κ2) is 9.78. The normalized spacial score (nSPS) is 12.4. The lowest BCUT2D eigenvalue weighted by atomic mass is 10.1. The zero-order valence-corrected chi connectivity index (χ0v) is 12.1. The summed E-state index contributed by atoms with van der Waals surface area (Å²) in [4.78, 5) is 0. The Bertz CT molecular complexity index is 344. The minimum absolute atomic E-state index is 0.286. The molecule has 19 heavy (non-hydrogen) atoms. The maximum atomic E-state index is 5.82. The minimum Gasteiger partial charge on any atom is -0.493 e. The average Bonchev–Trinajstić information content (AvgIpc) is 2.46. The number of nitrogens with one attached hydrogen (secondary N) is 1. The Hall–Kier alpha value is -1.10. The van der Waals surface area contributed by atoms with Crippen molar-refractivity contribution >= 4 is 0 Å². The minimum atomic E-state index is 0.286. The van der Waals surface area contributed by atoms with Crippen LogP contribution in [0.1, 0.15) is 24.9 Å². The second-order valence-electron chi connectivity index (χ2n) is 4.36. The smallest absolute Gasteiger partial charge is 0.124 e. The lowest BCUT2D eigenvalue weighted by molar-refractivity contribution is 0.0643. The Morgan fingerprint density at radius 1 is 1.11 bits per heavy atom. The third kappa shape index (κ3) is 6.05. The van der Waals surface area contributed by atoms with Crippen molar-refractivity contribution in [2.24, 2.45) is 0 Å². The standard InChI is InChI=1S/C15H25NO3/c1-13(16-2)14-7-4-5-8-15(14)19-10-6-9-18-12-11-17-3/h4-5,7-8,13,16H,6,9-12H2,1-3H3. The van der Waals surface area contributed by atoms with Gasteiger partial charge >= 0.3 is 0 Å². The van der Waals surface area contributed by atoms with Crippen LogP contribution >= 0.6 is 0 Å². The lowest BCUT2D eigenvalue weighted by Gasteiger charge is -2.16. The van der Waals surface area contributed by atoms with Gasteiger partial charge in [-0.25, -0.2) is 0 Å². The van der Waals surface area contributed by atoms with Gasteiger partial charge in [-0.05, 0) is 20.0 Å². The fourth-order valence-corrected chi connectivity index (χ4v) is 1.71. The van der Waals surface area contributed by atoms with Crippen LogP contribution in [-0.2, 0) is 9.47 Å². The van der Waals surface area contributed by atoms with Gasteiger partial charge in [0.05, 0.1) is 19.8 Å². The van der Waals surface area contributed by atoms with Crippen molar-refractivity contribution in [3.8, 4) is 5.75 Å². The number of rotatable bonds is 10. The van der Waals surface area contributed by atoms with Gasteiger partial charge in [0.1, 0.15) is 5.75 Å². The maximum absolute atomic E-state index is 5.82. The summed E-state index contributed by atoms with van der Waals surface area (Å²) in [5, 5.41) is 3.23. The van der Waals surface area contributed by atoms with E-state index in [2.05, 4.69) is 18.3 Å². The largest absolute Gasteiger partial charge is 0.493 e. The molecule has 0 fully saturated rings. The van der Waals surface area contributed by atoms with Crippen molar-refractivity contribution in [3.63, 3.8) is 0 Å². The Morgan fingerprint density at radius 3 is 2.63 bits per heavy atom. The molecule has 0 aliphatic carbocycles. The summed E-state index contributed by atoms with van der Waals surface area (Å²) in [5.74, 6) is 0.946. The molecule has 108 valence electrons. The number of para-hydroxylation sites is 1. The SMILES string of the molecule is CNC(C)c1ccccc1OCCCOCCOC. The van der Waals surface area contributed by atoms with Crippen molar-refractivity contribution in [2.45, 2.75) is 19.4 Å². The van der Waals surface area contributed by atoms with Crippen LogP contribution in [0.2, 0.25) is 0 Å². The molecule has 0 spiro atoms. The summed E-state index contributed by atoms with van der Waals surface area (Å²) < 4.78 is 16.1. The van der Waals surface area contributed by atoms with Crippen LogP contribution in [0.25, 0.3) is 0 Å². The van der Waals surface area contributed by atoms with E-state index in [1.54, 1.807) is 7.11 Å². The van der Waals surface area contributed by atoms with Gasteiger partial charge in [0, 0.05) is 31.7 Å². The maximum Gasteiger partial charge on any atom is 0.124 e. The molecule has 0 amide bonds. The zero-order valence-electron chi connectivity index (χ0n) is 12.1. The van der Waals surface area contributed by atoms with Crippen LogP contribution < -0.4 is 10.1 Å². The summed E-state index contributed by atoms with van der Waals surface area (Å²) in [7, 11) is 3.62. The molecule has 1 rings (SSSR count). The van der Waals surface area contributed by atoms with Crippen LogP contribution in [0.3, 0.4) is 0 Å². The van der Waals surface area contributed by atoms with Gasteiger partial charge in [-0.1, -0.05) is 18.2 Å². The van der Waals surface area contributed by atoms with E-state index in [1.807, 2.05) is 25.2 Å². The Labute approximate surface area is 116 Å². The molecule has 0 saturated carbocycles. The number of hydrogen-bond acceptors (Lipinski definition) is 4. The van der Waals surface area contributed by atoms with Gasteiger partial charge < -0.3 is 19.5 Å². The van der Waals surface area contributed by atoms with E-state index in [-0.39, 0.29) is 6.04 Å². The molecule has 0 aromatic heterocycles. The molecule has 1 unspecified atom stereocenters. The molecular formula is C15H25NO3. The van der Waals surface area contributed by atoms with Gasteiger partial charge in [-0.3, -0.25) is 0 Å². The predicted molar refractivity (Wildman–Crippen MR) is 76.7 cm³/mol. The van der Waals surface area contributed by atoms with Crippen LogP contribution in [0.5, 0.6) is 5.75 Å². The van der Waals surface area contributed by atoms with E-state index in [9.17, 15) is 0 Å². The topological polar surface area (TPSA) is 39.7 Å². The third-order valence-electron chi connectivity index (χ3n) is 2.94. The van der Waals surface area contributed by atoms with E-state index >= 15 is 0 Å². The molecule has 0 bridgehead atoms. The fourth-order valence-electron chi connectivity index (χ4n) is 1.71.